The molecule has 3 atom stereocenters. The van der Waals surface area contributed by atoms with E-state index in [1.807, 2.05) is 0 Å². The molecule has 110 valence electrons. The molecule has 8 nitrogen and oxygen atoms in total. The summed E-state index contributed by atoms with van der Waals surface area (Å²) in [5.74, 6) is -1.69. The lowest BCUT2D eigenvalue weighted by Gasteiger charge is -2.15. The van der Waals surface area contributed by atoms with Crippen LogP contribution in [0.1, 0.15) is 19.6 Å². The van der Waals surface area contributed by atoms with Gasteiger partial charge in [0.2, 0.25) is 5.82 Å². The largest absolute Gasteiger partial charge is 0.460 e. The van der Waals surface area contributed by atoms with Crippen LogP contribution in [0.4, 0.5) is 4.39 Å². The maximum Gasteiger partial charge on any atom is 0.330 e. The van der Waals surface area contributed by atoms with Crippen LogP contribution in [0, 0.1) is 5.82 Å². The number of aromatic amines is 1. The van der Waals surface area contributed by atoms with Crippen molar-refractivity contribution in [3.8, 4) is 0 Å². The average molecular weight is 288 g/mol. The minimum Gasteiger partial charge on any atom is -0.460 e. The second kappa shape index (κ2) is 5.55. The van der Waals surface area contributed by atoms with Crippen LogP contribution in [-0.2, 0) is 14.3 Å². The number of carbonyl (C=O) groups is 1. The Morgan fingerprint density at radius 1 is 1.65 bits per heavy atom. The van der Waals surface area contributed by atoms with Crippen molar-refractivity contribution in [2.24, 2.45) is 0 Å². The van der Waals surface area contributed by atoms with Gasteiger partial charge < -0.3 is 14.6 Å². The predicted octanol–water partition coefficient (Wildman–Crippen LogP) is -1.11. The highest BCUT2D eigenvalue weighted by Gasteiger charge is 2.38. The third-order valence-electron chi connectivity index (χ3n) is 2.91. The van der Waals surface area contributed by atoms with Crippen LogP contribution in [0.25, 0.3) is 0 Å². The number of nitrogens with zero attached hydrogens (tertiary/aromatic N) is 1. The minimum absolute atomic E-state index is 0.0657. The molecular weight excluding hydrogens is 275 g/mol. The molecule has 2 heterocycles. The van der Waals surface area contributed by atoms with Gasteiger partial charge in [-0.3, -0.25) is 19.1 Å². The van der Waals surface area contributed by atoms with Gasteiger partial charge in [0.1, 0.15) is 18.4 Å². The quantitative estimate of drug-likeness (QED) is 0.682. The van der Waals surface area contributed by atoms with Crippen molar-refractivity contribution >= 4 is 5.97 Å². The van der Waals surface area contributed by atoms with Crippen LogP contribution in [0.5, 0.6) is 0 Å². The predicted molar refractivity (Wildman–Crippen MR) is 62.4 cm³/mol. The van der Waals surface area contributed by atoms with Crippen LogP contribution in [-0.4, -0.2) is 39.4 Å². The van der Waals surface area contributed by atoms with Crippen LogP contribution < -0.4 is 11.2 Å². The van der Waals surface area contributed by atoms with Crippen molar-refractivity contribution in [3.05, 3.63) is 32.9 Å². The Hall–Kier alpha value is -2.00. The monoisotopic (exact) mass is 288 g/mol. The van der Waals surface area contributed by atoms with Crippen molar-refractivity contribution in [1.82, 2.24) is 9.55 Å². The van der Waals surface area contributed by atoms with Gasteiger partial charge in [-0.1, -0.05) is 0 Å². The van der Waals surface area contributed by atoms with Gasteiger partial charge in [0.25, 0.3) is 5.56 Å². The van der Waals surface area contributed by atoms with E-state index < -0.39 is 48.1 Å². The standard InChI is InChI=1S/C11H13FN2O6/c1-5(16)19-7-2-9(20-8(7)4-15)14-3-6(12)10(17)13-11(14)18/h3,7-9,15H,2,4H2,1H3,(H,13,17,18)/t7-,8-,9+/m1/s1. The van der Waals surface area contributed by atoms with Crippen molar-refractivity contribution in [1.29, 1.82) is 0 Å². The van der Waals surface area contributed by atoms with Crippen molar-refractivity contribution in [2.75, 3.05) is 6.61 Å². The second-order valence-electron chi connectivity index (χ2n) is 4.34. The van der Waals surface area contributed by atoms with Crippen LogP contribution in [0.2, 0.25) is 0 Å². The summed E-state index contributed by atoms with van der Waals surface area (Å²) in [7, 11) is 0. The van der Waals surface area contributed by atoms with Crippen LogP contribution >= 0.6 is 0 Å². The van der Waals surface area contributed by atoms with E-state index in [9.17, 15) is 18.8 Å². The van der Waals surface area contributed by atoms with Gasteiger partial charge >= 0.3 is 11.7 Å². The third kappa shape index (κ3) is 2.78. The number of esters is 1. The summed E-state index contributed by atoms with van der Waals surface area (Å²) < 4.78 is 24.3. The molecule has 1 saturated heterocycles. The maximum absolute atomic E-state index is 13.2. The fourth-order valence-corrected chi connectivity index (χ4v) is 2.05. The number of aromatic nitrogens is 2. The third-order valence-corrected chi connectivity index (χ3v) is 2.91. The van der Waals surface area contributed by atoms with E-state index in [-0.39, 0.29) is 6.42 Å². The van der Waals surface area contributed by atoms with E-state index in [2.05, 4.69) is 0 Å². The molecule has 1 fully saturated rings. The van der Waals surface area contributed by atoms with E-state index in [4.69, 9.17) is 14.6 Å². The lowest BCUT2D eigenvalue weighted by atomic mass is 10.2. The Bertz CT molecular complexity index is 624. The zero-order chi connectivity index (χ0) is 14.9. The average Bonchev–Trinajstić information content (AvgIpc) is 2.75. The fraction of sp³-hybridized carbons (Fsp3) is 0.545. The topological polar surface area (TPSA) is 111 Å². The first-order valence-corrected chi connectivity index (χ1v) is 5.87. The first-order valence-electron chi connectivity index (χ1n) is 5.87. The van der Waals surface area contributed by atoms with E-state index in [1.54, 1.807) is 4.98 Å². The highest BCUT2D eigenvalue weighted by Crippen LogP contribution is 2.29. The summed E-state index contributed by atoms with van der Waals surface area (Å²) in [5, 5.41) is 9.15. The molecule has 2 N–H and O–H groups in total. The van der Waals surface area contributed by atoms with E-state index in [1.165, 1.54) is 6.92 Å². The SMILES string of the molecule is CC(=O)O[C@@H]1C[C@@H](n2cc(F)c(=O)[nH]c2=O)O[C@@H]1CO. The lowest BCUT2D eigenvalue weighted by molar-refractivity contribution is -0.150. The number of H-pyrrole nitrogens is 1. The number of hydrogen-bond acceptors (Lipinski definition) is 6. The van der Waals surface area contributed by atoms with Gasteiger partial charge in [0.15, 0.2) is 0 Å². The molecule has 0 bridgehead atoms. The van der Waals surface area contributed by atoms with Crippen LogP contribution in [0.3, 0.4) is 0 Å². The number of nitrogens with one attached hydrogen (secondary N) is 1. The molecule has 0 aromatic carbocycles. The zero-order valence-corrected chi connectivity index (χ0v) is 10.5. The molecule has 0 radical (unpaired) electrons. The number of rotatable bonds is 3. The molecule has 1 aromatic heterocycles. The van der Waals surface area contributed by atoms with Gasteiger partial charge in [-0.15, -0.1) is 0 Å². The molecule has 0 aliphatic carbocycles. The Kier molecular flexibility index (Phi) is 4.00. The molecule has 0 unspecified atom stereocenters. The molecule has 20 heavy (non-hydrogen) atoms. The number of aliphatic hydroxyl groups is 1. The minimum atomic E-state index is -1.13. The number of hydrogen-bond donors (Lipinski definition) is 2. The van der Waals surface area contributed by atoms with Gasteiger partial charge in [-0.25, -0.2) is 4.79 Å². The second-order valence-corrected chi connectivity index (χ2v) is 4.34. The smallest absolute Gasteiger partial charge is 0.330 e. The number of halogens is 1. The molecule has 2 rings (SSSR count). The van der Waals surface area contributed by atoms with E-state index in [0.29, 0.717) is 0 Å². The number of carbonyl (C=O) groups excluding carboxylic acids is 1. The summed E-state index contributed by atoms with van der Waals surface area (Å²) >= 11 is 0. The van der Waals surface area contributed by atoms with Gasteiger partial charge in [0, 0.05) is 13.3 Å². The number of ether oxygens (including phenoxy) is 2. The molecule has 1 aromatic rings. The summed E-state index contributed by atoms with van der Waals surface area (Å²) in [6.07, 6.45) is -1.71. The summed E-state index contributed by atoms with van der Waals surface area (Å²) in [5.41, 5.74) is -1.97. The molecule has 0 saturated carbocycles. The molecule has 1 aliphatic heterocycles. The summed E-state index contributed by atoms with van der Waals surface area (Å²) in [6.45, 7) is 0.780. The van der Waals surface area contributed by atoms with Gasteiger partial charge in [0.05, 0.1) is 12.8 Å². The zero-order valence-electron chi connectivity index (χ0n) is 10.5. The van der Waals surface area contributed by atoms with Gasteiger partial charge in [-0.2, -0.15) is 4.39 Å². The van der Waals surface area contributed by atoms with E-state index in [0.717, 1.165) is 10.8 Å². The fourth-order valence-electron chi connectivity index (χ4n) is 2.05. The van der Waals surface area contributed by atoms with Gasteiger partial charge in [-0.05, 0) is 0 Å². The molecule has 0 spiro atoms. The molecule has 9 heteroatoms. The first-order chi connectivity index (χ1) is 9.42. The summed E-state index contributed by atoms with van der Waals surface area (Å²) in [4.78, 5) is 35.3. The Morgan fingerprint density at radius 3 is 2.95 bits per heavy atom. The van der Waals surface area contributed by atoms with Crippen LogP contribution in [0.15, 0.2) is 15.8 Å². The van der Waals surface area contributed by atoms with Crippen molar-refractivity contribution in [3.63, 3.8) is 0 Å². The molecule has 0 amide bonds. The van der Waals surface area contributed by atoms with Crippen molar-refractivity contribution < 1.29 is 23.8 Å². The summed E-state index contributed by atoms with van der Waals surface area (Å²) in [6, 6.07) is 0. The number of aliphatic hydroxyl groups excluding tert-OH is 1. The first kappa shape index (κ1) is 14.4. The Labute approximate surface area is 111 Å². The highest BCUT2D eigenvalue weighted by atomic mass is 19.1. The highest BCUT2D eigenvalue weighted by molar-refractivity contribution is 5.66. The van der Waals surface area contributed by atoms with E-state index >= 15 is 0 Å². The maximum atomic E-state index is 13.2. The molecule has 1 aliphatic rings. The Balaban J connectivity index is 2.27. The van der Waals surface area contributed by atoms with Crippen molar-refractivity contribution in [2.45, 2.75) is 31.8 Å². The lowest BCUT2D eigenvalue weighted by Crippen LogP contribution is -2.34. The normalized spacial score (nSPS) is 25.6. The Morgan fingerprint density at radius 2 is 2.35 bits per heavy atom. The molecular formula is C11H13FN2O6.